The lowest BCUT2D eigenvalue weighted by molar-refractivity contribution is -0.129. The van der Waals surface area contributed by atoms with E-state index >= 15 is 0 Å². The van der Waals surface area contributed by atoms with Gasteiger partial charge in [-0.15, -0.1) is 10.2 Å². The van der Waals surface area contributed by atoms with Gasteiger partial charge in [-0.25, -0.2) is 0 Å². The van der Waals surface area contributed by atoms with Gasteiger partial charge in [-0.05, 0) is 37.9 Å². The summed E-state index contributed by atoms with van der Waals surface area (Å²) in [5.41, 5.74) is 0. The molecule has 20 heavy (non-hydrogen) atoms. The average molecular weight is 332 g/mol. The monoisotopic (exact) mass is 331 g/mol. The molecule has 0 N–H and O–H groups in total. The molecule has 1 saturated carbocycles. The molecular weight excluding hydrogens is 310 g/mol. The third kappa shape index (κ3) is 4.36. The van der Waals surface area contributed by atoms with E-state index in [9.17, 15) is 4.79 Å². The van der Waals surface area contributed by atoms with E-state index in [1.807, 2.05) is 18.2 Å². The standard InChI is InChI=1S/C13H21N3OS3/c1-9-4-6-10(7-5-9)16(2)11(17)8-19-13-15-14-12(18-3)20-13/h9-10H,4-8H2,1-3H3. The number of hydrogen-bond donors (Lipinski definition) is 0. The maximum Gasteiger partial charge on any atom is 0.233 e. The molecule has 1 fully saturated rings. The largest absolute Gasteiger partial charge is 0.342 e. The smallest absolute Gasteiger partial charge is 0.233 e. The van der Waals surface area contributed by atoms with Gasteiger partial charge in [-0.3, -0.25) is 4.79 Å². The van der Waals surface area contributed by atoms with Crippen molar-refractivity contribution < 1.29 is 4.79 Å². The second-order valence-electron chi connectivity index (χ2n) is 5.25. The van der Waals surface area contributed by atoms with Crippen LogP contribution in [0.5, 0.6) is 0 Å². The molecule has 1 aromatic rings. The van der Waals surface area contributed by atoms with Gasteiger partial charge in [0.1, 0.15) is 0 Å². The summed E-state index contributed by atoms with van der Waals surface area (Å²) in [6, 6.07) is 0.426. The van der Waals surface area contributed by atoms with Crippen molar-refractivity contribution in [1.29, 1.82) is 0 Å². The number of nitrogens with zero attached hydrogens (tertiary/aromatic N) is 3. The fourth-order valence-electron chi connectivity index (χ4n) is 2.40. The van der Waals surface area contributed by atoms with Crippen molar-refractivity contribution in [3.63, 3.8) is 0 Å². The Bertz CT molecular complexity index is 444. The minimum atomic E-state index is 0.204. The SMILES string of the molecule is CSc1nnc(SCC(=O)N(C)C2CCC(C)CC2)s1. The van der Waals surface area contributed by atoms with Crippen molar-refractivity contribution >= 4 is 40.8 Å². The van der Waals surface area contributed by atoms with Gasteiger partial charge in [0.15, 0.2) is 8.68 Å². The lowest BCUT2D eigenvalue weighted by Gasteiger charge is -2.33. The molecule has 4 nitrogen and oxygen atoms in total. The van der Waals surface area contributed by atoms with Crippen molar-refractivity contribution in [2.45, 2.75) is 47.3 Å². The molecule has 1 aromatic heterocycles. The summed E-state index contributed by atoms with van der Waals surface area (Å²) >= 11 is 4.64. The van der Waals surface area contributed by atoms with Crippen molar-refractivity contribution in [3.8, 4) is 0 Å². The van der Waals surface area contributed by atoms with Crippen LogP contribution in [0.4, 0.5) is 0 Å². The zero-order valence-corrected chi connectivity index (χ0v) is 14.6. The van der Waals surface area contributed by atoms with Crippen LogP contribution in [0.3, 0.4) is 0 Å². The third-order valence-electron chi connectivity index (χ3n) is 3.81. The zero-order valence-electron chi connectivity index (χ0n) is 12.2. The summed E-state index contributed by atoms with van der Waals surface area (Å²) in [5, 5.41) is 8.12. The number of amides is 1. The van der Waals surface area contributed by atoms with Gasteiger partial charge in [0, 0.05) is 13.1 Å². The van der Waals surface area contributed by atoms with E-state index < -0.39 is 0 Å². The first-order valence-electron chi connectivity index (χ1n) is 6.86. The molecule has 1 amide bonds. The van der Waals surface area contributed by atoms with Crippen LogP contribution < -0.4 is 0 Å². The van der Waals surface area contributed by atoms with E-state index in [1.54, 1.807) is 23.1 Å². The van der Waals surface area contributed by atoms with Gasteiger partial charge < -0.3 is 4.90 Å². The van der Waals surface area contributed by atoms with Crippen LogP contribution in [0, 0.1) is 5.92 Å². The topological polar surface area (TPSA) is 46.1 Å². The Labute approximate surface area is 133 Å². The number of thioether (sulfide) groups is 2. The van der Waals surface area contributed by atoms with Gasteiger partial charge in [0.2, 0.25) is 5.91 Å². The molecule has 0 aliphatic heterocycles. The third-order valence-corrected chi connectivity index (χ3v) is 6.83. The number of rotatable bonds is 5. The molecule has 1 heterocycles. The van der Waals surface area contributed by atoms with Gasteiger partial charge in [-0.1, -0.05) is 41.8 Å². The molecule has 2 rings (SSSR count). The van der Waals surface area contributed by atoms with Crippen molar-refractivity contribution in [2.24, 2.45) is 5.92 Å². The van der Waals surface area contributed by atoms with Crippen LogP contribution in [0.2, 0.25) is 0 Å². The summed E-state index contributed by atoms with van der Waals surface area (Å²) in [7, 11) is 1.94. The molecule has 0 radical (unpaired) electrons. The molecule has 112 valence electrons. The lowest BCUT2D eigenvalue weighted by atomic mass is 9.87. The summed E-state index contributed by atoms with van der Waals surface area (Å²) in [5.74, 6) is 1.48. The molecule has 0 aromatic carbocycles. The summed E-state index contributed by atoms with van der Waals surface area (Å²) in [6.45, 7) is 2.30. The van der Waals surface area contributed by atoms with Crippen LogP contribution in [-0.2, 0) is 4.79 Å². The first-order valence-corrected chi connectivity index (χ1v) is 9.88. The predicted molar refractivity (Wildman–Crippen MR) is 86.6 cm³/mol. The van der Waals surface area contributed by atoms with Crippen molar-refractivity contribution in [2.75, 3.05) is 19.1 Å². The molecule has 1 aliphatic rings. The Balaban J connectivity index is 1.79. The molecule has 7 heteroatoms. The van der Waals surface area contributed by atoms with E-state index in [0.717, 1.165) is 27.4 Å². The fourth-order valence-corrected chi connectivity index (χ4v) is 4.76. The highest BCUT2D eigenvalue weighted by Gasteiger charge is 2.24. The van der Waals surface area contributed by atoms with Gasteiger partial charge >= 0.3 is 0 Å². The molecular formula is C13H21N3OS3. The Kier molecular flexibility index (Phi) is 6.17. The minimum Gasteiger partial charge on any atom is -0.342 e. The molecule has 1 aliphatic carbocycles. The van der Waals surface area contributed by atoms with Crippen LogP contribution >= 0.6 is 34.9 Å². The van der Waals surface area contributed by atoms with Gasteiger partial charge in [0.25, 0.3) is 0 Å². The van der Waals surface area contributed by atoms with Gasteiger partial charge in [0.05, 0.1) is 5.75 Å². The highest BCUT2D eigenvalue weighted by molar-refractivity contribution is 8.03. The lowest BCUT2D eigenvalue weighted by Crippen LogP contribution is -2.40. The van der Waals surface area contributed by atoms with E-state index in [1.165, 1.54) is 24.6 Å². The second kappa shape index (κ2) is 7.66. The van der Waals surface area contributed by atoms with Gasteiger partial charge in [-0.2, -0.15) is 0 Å². The average Bonchev–Trinajstić information content (AvgIpc) is 2.93. The number of hydrogen-bond acceptors (Lipinski definition) is 6. The van der Waals surface area contributed by atoms with Crippen LogP contribution in [0.15, 0.2) is 8.68 Å². The van der Waals surface area contributed by atoms with Crippen LogP contribution in [0.25, 0.3) is 0 Å². The number of carbonyl (C=O) groups excluding carboxylic acids is 1. The molecule has 0 unspecified atom stereocenters. The van der Waals surface area contributed by atoms with Crippen LogP contribution in [-0.4, -0.2) is 46.1 Å². The molecule has 0 atom stereocenters. The normalized spacial score (nSPS) is 22.8. The first-order chi connectivity index (χ1) is 9.60. The van der Waals surface area contributed by atoms with Crippen LogP contribution in [0.1, 0.15) is 32.6 Å². The fraction of sp³-hybridized carbons (Fsp3) is 0.769. The first kappa shape index (κ1) is 16.1. The minimum absolute atomic E-state index is 0.204. The van der Waals surface area contributed by atoms with Crippen molar-refractivity contribution in [1.82, 2.24) is 15.1 Å². The predicted octanol–water partition coefficient (Wildman–Crippen LogP) is 3.39. The second-order valence-corrected chi connectivity index (χ2v) is 8.50. The summed E-state index contributed by atoms with van der Waals surface area (Å²) in [4.78, 5) is 14.2. The number of carbonyl (C=O) groups is 1. The Hall–Kier alpha value is -0.270. The number of aromatic nitrogens is 2. The van der Waals surface area contributed by atoms with E-state index in [4.69, 9.17) is 0 Å². The Morgan fingerprint density at radius 2 is 1.95 bits per heavy atom. The Morgan fingerprint density at radius 3 is 2.55 bits per heavy atom. The summed E-state index contributed by atoms with van der Waals surface area (Å²) < 4.78 is 1.84. The molecule has 0 bridgehead atoms. The highest BCUT2D eigenvalue weighted by Crippen LogP contribution is 2.29. The quantitative estimate of drug-likeness (QED) is 0.774. The van der Waals surface area contributed by atoms with E-state index in [0.29, 0.717) is 11.8 Å². The maximum absolute atomic E-state index is 12.2. The highest BCUT2D eigenvalue weighted by atomic mass is 32.2. The van der Waals surface area contributed by atoms with Crippen molar-refractivity contribution in [3.05, 3.63) is 0 Å². The van der Waals surface area contributed by atoms with E-state index in [-0.39, 0.29) is 5.91 Å². The zero-order chi connectivity index (χ0) is 14.5. The Morgan fingerprint density at radius 1 is 1.30 bits per heavy atom. The summed E-state index contributed by atoms with van der Waals surface area (Å²) in [6.07, 6.45) is 6.75. The van der Waals surface area contributed by atoms with E-state index in [2.05, 4.69) is 17.1 Å². The maximum atomic E-state index is 12.2. The molecule has 0 saturated heterocycles. The molecule has 0 spiro atoms.